The first-order valence-corrected chi connectivity index (χ1v) is 5.11. The van der Waals surface area contributed by atoms with Gasteiger partial charge in [0.15, 0.2) is 5.69 Å². The number of amides is 1. The zero-order valence-corrected chi connectivity index (χ0v) is 8.22. The molecule has 1 rings (SSSR count). The van der Waals surface area contributed by atoms with Crippen LogP contribution in [-0.2, 0) is 10.8 Å². The van der Waals surface area contributed by atoms with E-state index in [2.05, 4.69) is 9.97 Å². The van der Waals surface area contributed by atoms with Crippen LogP contribution in [0.2, 0.25) is 5.02 Å². The van der Waals surface area contributed by atoms with Crippen molar-refractivity contribution in [2.45, 2.75) is 5.16 Å². The van der Waals surface area contributed by atoms with Crippen molar-refractivity contribution >= 4 is 28.3 Å². The average molecular weight is 220 g/mol. The Balaban J connectivity index is 3.27. The summed E-state index contributed by atoms with van der Waals surface area (Å²) in [5, 5.41) is 0.0971. The Kier molecular flexibility index (Phi) is 2.94. The molecule has 70 valence electrons. The Labute approximate surface area is 81.8 Å². The van der Waals surface area contributed by atoms with Crippen molar-refractivity contribution in [3.05, 3.63) is 16.9 Å². The molecule has 1 atom stereocenters. The minimum Gasteiger partial charge on any atom is -0.364 e. The van der Waals surface area contributed by atoms with Crippen LogP contribution in [0.3, 0.4) is 0 Å². The molecule has 13 heavy (non-hydrogen) atoms. The second-order valence-corrected chi connectivity index (χ2v) is 3.85. The smallest absolute Gasteiger partial charge is 0.269 e. The summed E-state index contributed by atoms with van der Waals surface area (Å²) in [5.74, 6) is -0.765. The number of carbonyl (C=O) groups is 1. The summed E-state index contributed by atoms with van der Waals surface area (Å²) < 4.78 is 10.9. The molecule has 0 saturated carbocycles. The number of hydrogen-bond donors (Lipinski definition) is 1. The van der Waals surface area contributed by atoms with Crippen LogP contribution in [0.5, 0.6) is 0 Å². The number of nitrogens with two attached hydrogens (primary N) is 1. The fourth-order valence-corrected chi connectivity index (χ4v) is 1.27. The molecule has 1 aromatic heterocycles. The van der Waals surface area contributed by atoms with Gasteiger partial charge in [0.2, 0.25) is 5.16 Å². The van der Waals surface area contributed by atoms with Crippen molar-refractivity contribution in [2.75, 3.05) is 6.26 Å². The highest BCUT2D eigenvalue weighted by Crippen LogP contribution is 2.12. The largest absolute Gasteiger partial charge is 0.364 e. The SMILES string of the molecule is CS(=O)c1ncc(Cl)c(C(N)=O)n1. The maximum Gasteiger partial charge on any atom is 0.269 e. The number of hydrogen-bond acceptors (Lipinski definition) is 4. The number of carbonyl (C=O) groups excluding carboxylic acids is 1. The third kappa shape index (κ3) is 2.22. The van der Waals surface area contributed by atoms with Crippen LogP contribution in [-0.4, -0.2) is 26.3 Å². The summed E-state index contributed by atoms with van der Waals surface area (Å²) in [5.41, 5.74) is 4.86. The van der Waals surface area contributed by atoms with Crippen LogP contribution >= 0.6 is 11.6 Å². The normalized spacial score (nSPS) is 12.5. The molecule has 0 bridgehead atoms. The van der Waals surface area contributed by atoms with Gasteiger partial charge in [0, 0.05) is 6.26 Å². The quantitative estimate of drug-likeness (QED) is 0.708. The van der Waals surface area contributed by atoms with E-state index in [-0.39, 0.29) is 15.9 Å². The Morgan fingerprint density at radius 2 is 2.31 bits per heavy atom. The van der Waals surface area contributed by atoms with E-state index in [4.69, 9.17) is 17.3 Å². The first-order valence-electron chi connectivity index (χ1n) is 3.18. The molecule has 2 N–H and O–H groups in total. The van der Waals surface area contributed by atoms with Crippen molar-refractivity contribution < 1.29 is 9.00 Å². The second-order valence-electron chi connectivity index (χ2n) is 2.17. The topological polar surface area (TPSA) is 85.9 Å². The Bertz CT molecular complexity index is 382. The van der Waals surface area contributed by atoms with E-state index in [9.17, 15) is 9.00 Å². The maximum atomic E-state index is 10.9. The van der Waals surface area contributed by atoms with Gasteiger partial charge < -0.3 is 5.73 Å². The lowest BCUT2D eigenvalue weighted by molar-refractivity contribution is 0.0995. The van der Waals surface area contributed by atoms with E-state index in [0.717, 1.165) is 0 Å². The van der Waals surface area contributed by atoms with E-state index >= 15 is 0 Å². The van der Waals surface area contributed by atoms with Gasteiger partial charge in [0.05, 0.1) is 22.0 Å². The van der Waals surface area contributed by atoms with Crippen molar-refractivity contribution in [3.8, 4) is 0 Å². The van der Waals surface area contributed by atoms with Crippen molar-refractivity contribution in [2.24, 2.45) is 5.73 Å². The van der Waals surface area contributed by atoms with E-state index in [0.29, 0.717) is 0 Å². The molecular weight excluding hydrogens is 214 g/mol. The number of halogens is 1. The summed E-state index contributed by atoms with van der Waals surface area (Å²) in [4.78, 5) is 18.1. The maximum absolute atomic E-state index is 10.9. The number of primary amides is 1. The Hall–Kier alpha value is -1.01. The van der Waals surface area contributed by atoms with Crippen LogP contribution in [0.15, 0.2) is 11.4 Å². The molecule has 0 saturated heterocycles. The van der Waals surface area contributed by atoms with E-state index in [1.165, 1.54) is 12.5 Å². The zero-order valence-electron chi connectivity index (χ0n) is 6.65. The molecule has 1 unspecified atom stereocenters. The van der Waals surface area contributed by atoms with Gasteiger partial charge in [-0.15, -0.1) is 0 Å². The van der Waals surface area contributed by atoms with Crippen molar-refractivity contribution in [1.82, 2.24) is 9.97 Å². The standard InChI is InChI=1S/C6H6ClN3O2S/c1-13(12)6-9-2-3(7)4(10-6)5(8)11/h2H,1H3,(H2,8,11). The highest BCUT2D eigenvalue weighted by molar-refractivity contribution is 7.84. The van der Waals surface area contributed by atoms with Crippen LogP contribution in [0.1, 0.15) is 10.5 Å². The first-order chi connectivity index (χ1) is 6.02. The van der Waals surface area contributed by atoms with Gasteiger partial charge in [-0.05, 0) is 0 Å². The van der Waals surface area contributed by atoms with Gasteiger partial charge in [-0.25, -0.2) is 9.97 Å². The van der Waals surface area contributed by atoms with E-state index in [1.54, 1.807) is 0 Å². The van der Waals surface area contributed by atoms with Crippen LogP contribution in [0.25, 0.3) is 0 Å². The molecule has 1 aromatic rings. The third-order valence-corrected chi connectivity index (χ3v) is 2.20. The fraction of sp³-hybridized carbons (Fsp3) is 0.167. The number of rotatable bonds is 2. The monoisotopic (exact) mass is 219 g/mol. The van der Waals surface area contributed by atoms with Gasteiger partial charge in [-0.2, -0.15) is 0 Å². The average Bonchev–Trinajstić information content (AvgIpc) is 2.04. The van der Waals surface area contributed by atoms with Crippen molar-refractivity contribution in [3.63, 3.8) is 0 Å². The lowest BCUT2D eigenvalue weighted by Gasteiger charge is -1.99. The minimum absolute atomic E-state index is 0.0400. The summed E-state index contributed by atoms with van der Waals surface area (Å²) >= 11 is 5.57. The van der Waals surface area contributed by atoms with Gasteiger partial charge in [-0.1, -0.05) is 11.6 Å². The Morgan fingerprint density at radius 1 is 1.69 bits per heavy atom. The lowest BCUT2D eigenvalue weighted by Crippen LogP contribution is -2.15. The Morgan fingerprint density at radius 3 is 2.77 bits per heavy atom. The van der Waals surface area contributed by atoms with Crippen molar-refractivity contribution in [1.29, 1.82) is 0 Å². The van der Waals surface area contributed by atoms with Crippen LogP contribution < -0.4 is 5.73 Å². The zero-order chi connectivity index (χ0) is 10.0. The van der Waals surface area contributed by atoms with Crippen LogP contribution in [0, 0.1) is 0 Å². The number of nitrogens with zero attached hydrogens (tertiary/aromatic N) is 2. The minimum atomic E-state index is -1.35. The predicted octanol–water partition coefficient (Wildman–Crippen LogP) is -0.0337. The molecule has 0 aliphatic carbocycles. The molecule has 0 aliphatic heterocycles. The summed E-state index contributed by atoms with van der Waals surface area (Å²) in [6.45, 7) is 0. The van der Waals surface area contributed by atoms with Gasteiger partial charge in [0.25, 0.3) is 5.91 Å². The molecule has 7 heteroatoms. The molecule has 0 aliphatic rings. The molecule has 0 spiro atoms. The van der Waals surface area contributed by atoms with E-state index in [1.807, 2.05) is 0 Å². The highest BCUT2D eigenvalue weighted by Gasteiger charge is 2.11. The molecule has 0 fully saturated rings. The lowest BCUT2D eigenvalue weighted by atomic mass is 10.4. The first kappa shape index (κ1) is 10.1. The molecule has 0 aromatic carbocycles. The predicted molar refractivity (Wildman–Crippen MR) is 47.9 cm³/mol. The third-order valence-electron chi connectivity index (χ3n) is 1.21. The molecule has 0 radical (unpaired) electrons. The van der Waals surface area contributed by atoms with Crippen LogP contribution in [0.4, 0.5) is 0 Å². The van der Waals surface area contributed by atoms with Gasteiger partial charge >= 0.3 is 0 Å². The van der Waals surface area contributed by atoms with Gasteiger partial charge in [-0.3, -0.25) is 9.00 Å². The summed E-state index contributed by atoms with van der Waals surface area (Å²) in [6, 6.07) is 0. The molecular formula is C6H6ClN3O2S. The molecule has 1 amide bonds. The van der Waals surface area contributed by atoms with E-state index < -0.39 is 16.7 Å². The molecule has 5 nitrogen and oxygen atoms in total. The van der Waals surface area contributed by atoms with Gasteiger partial charge in [0.1, 0.15) is 0 Å². The highest BCUT2D eigenvalue weighted by atomic mass is 35.5. The summed E-state index contributed by atoms with van der Waals surface area (Å²) in [7, 11) is -1.35. The number of aromatic nitrogens is 2. The summed E-state index contributed by atoms with van der Waals surface area (Å²) in [6.07, 6.45) is 2.60. The fourth-order valence-electron chi connectivity index (χ4n) is 0.662. The second kappa shape index (κ2) is 3.80. The molecule has 1 heterocycles.